The Morgan fingerprint density at radius 1 is 1.21 bits per heavy atom. The average Bonchev–Trinajstić information content (AvgIpc) is 3.49. The normalized spacial score (nSPS) is 27.3. The molecular weight excluding hydrogens is 418 g/mol. The zero-order chi connectivity index (χ0) is 19.6. The third-order valence-electron chi connectivity index (χ3n) is 5.86. The zero-order valence-corrected chi connectivity index (χ0v) is 18.3. The highest BCUT2D eigenvalue weighted by molar-refractivity contribution is 7.99. The highest BCUT2D eigenvalue weighted by Gasteiger charge is 2.41. The van der Waals surface area contributed by atoms with E-state index in [0.717, 1.165) is 57.1 Å². The molecule has 1 N–H and O–H groups in total. The number of sulfonamides is 1. The van der Waals surface area contributed by atoms with Crippen LogP contribution in [-0.4, -0.2) is 86.5 Å². The SMILES string of the molecule is O=C(NCC1(N2CCOCC2)CCSC1)c1sccc1S(=O)(=O)N1CCCC1. The molecule has 4 rings (SSSR count). The van der Waals surface area contributed by atoms with Crippen molar-refractivity contribution in [1.29, 1.82) is 0 Å². The van der Waals surface area contributed by atoms with Crippen molar-refractivity contribution in [3.8, 4) is 0 Å². The van der Waals surface area contributed by atoms with E-state index in [1.165, 1.54) is 15.6 Å². The van der Waals surface area contributed by atoms with Gasteiger partial charge in [-0.25, -0.2) is 8.42 Å². The van der Waals surface area contributed by atoms with Crippen molar-refractivity contribution in [2.24, 2.45) is 0 Å². The van der Waals surface area contributed by atoms with Gasteiger partial charge in [0.25, 0.3) is 5.91 Å². The fourth-order valence-electron chi connectivity index (χ4n) is 4.19. The summed E-state index contributed by atoms with van der Waals surface area (Å²) in [6.45, 7) is 4.83. The quantitative estimate of drug-likeness (QED) is 0.714. The highest BCUT2D eigenvalue weighted by Crippen LogP contribution is 2.34. The van der Waals surface area contributed by atoms with Gasteiger partial charge in [0, 0.05) is 44.0 Å². The van der Waals surface area contributed by atoms with E-state index >= 15 is 0 Å². The largest absolute Gasteiger partial charge is 0.379 e. The van der Waals surface area contributed by atoms with Crippen molar-refractivity contribution in [1.82, 2.24) is 14.5 Å². The van der Waals surface area contributed by atoms with E-state index in [-0.39, 0.29) is 16.3 Å². The van der Waals surface area contributed by atoms with Crippen molar-refractivity contribution in [2.75, 3.05) is 57.4 Å². The van der Waals surface area contributed by atoms with Gasteiger partial charge in [0.2, 0.25) is 10.0 Å². The van der Waals surface area contributed by atoms with Crippen LogP contribution in [0.15, 0.2) is 16.3 Å². The number of carbonyl (C=O) groups is 1. The van der Waals surface area contributed by atoms with Crippen molar-refractivity contribution >= 4 is 39.0 Å². The minimum Gasteiger partial charge on any atom is -0.379 e. The first-order valence-corrected chi connectivity index (χ1v) is 13.3. The lowest BCUT2D eigenvalue weighted by Crippen LogP contribution is -2.59. The van der Waals surface area contributed by atoms with Crippen LogP contribution in [0.4, 0.5) is 0 Å². The third kappa shape index (κ3) is 3.99. The first-order valence-electron chi connectivity index (χ1n) is 9.79. The second-order valence-electron chi connectivity index (χ2n) is 7.53. The van der Waals surface area contributed by atoms with Gasteiger partial charge in [-0.05, 0) is 36.5 Å². The van der Waals surface area contributed by atoms with Crippen molar-refractivity contribution in [3.05, 3.63) is 16.3 Å². The number of nitrogens with zero attached hydrogens (tertiary/aromatic N) is 2. The van der Waals surface area contributed by atoms with Crippen molar-refractivity contribution < 1.29 is 17.9 Å². The van der Waals surface area contributed by atoms with Gasteiger partial charge in [0.15, 0.2) is 0 Å². The van der Waals surface area contributed by atoms with Gasteiger partial charge in [0.05, 0.1) is 13.2 Å². The summed E-state index contributed by atoms with van der Waals surface area (Å²) >= 11 is 3.12. The third-order valence-corrected chi connectivity index (χ3v) is 10.1. The Kier molecular flexibility index (Phi) is 6.34. The second kappa shape index (κ2) is 8.61. The molecule has 0 aliphatic carbocycles. The number of morpholine rings is 1. The predicted molar refractivity (Wildman–Crippen MR) is 112 cm³/mol. The second-order valence-corrected chi connectivity index (χ2v) is 11.5. The summed E-state index contributed by atoms with van der Waals surface area (Å²) < 4.78 is 32.8. The van der Waals surface area contributed by atoms with Crippen LogP contribution in [0.25, 0.3) is 0 Å². The van der Waals surface area contributed by atoms with Crippen LogP contribution in [0, 0.1) is 0 Å². The predicted octanol–water partition coefficient (Wildman–Crippen LogP) is 1.47. The number of carbonyl (C=O) groups excluding carboxylic acids is 1. The van der Waals surface area contributed by atoms with Crippen LogP contribution in [0.2, 0.25) is 0 Å². The van der Waals surface area contributed by atoms with Gasteiger partial charge in [0.1, 0.15) is 9.77 Å². The molecule has 3 saturated heterocycles. The number of thiophene rings is 1. The molecule has 1 amide bonds. The Morgan fingerprint density at radius 3 is 2.64 bits per heavy atom. The maximum absolute atomic E-state index is 12.9. The summed E-state index contributed by atoms with van der Waals surface area (Å²) in [5.74, 6) is 1.79. The van der Waals surface area contributed by atoms with E-state index < -0.39 is 10.0 Å². The summed E-state index contributed by atoms with van der Waals surface area (Å²) in [6, 6.07) is 1.57. The topological polar surface area (TPSA) is 79.0 Å². The van der Waals surface area contributed by atoms with E-state index in [0.29, 0.717) is 24.5 Å². The monoisotopic (exact) mass is 445 g/mol. The van der Waals surface area contributed by atoms with Gasteiger partial charge in [-0.3, -0.25) is 9.69 Å². The standard InChI is InChI=1S/C18H27N3O4S3/c22-17(16-15(3-11-27-16)28(23,24)21-5-1-2-6-21)19-13-18(4-12-26-14-18)20-7-9-25-10-8-20/h3,11H,1-2,4-10,12-14H2,(H,19,22). The number of hydrogen-bond acceptors (Lipinski definition) is 7. The van der Waals surface area contributed by atoms with Crippen LogP contribution in [0.5, 0.6) is 0 Å². The van der Waals surface area contributed by atoms with Crippen molar-refractivity contribution in [3.63, 3.8) is 0 Å². The molecule has 4 heterocycles. The lowest BCUT2D eigenvalue weighted by Gasteiger charge is -2.43. The Balaban J connectivity index is 1.48. The van der Waals surface area contributed by atoms with Gasteiger partial charge in [-0.15, -0.1) is 11.3 Å². The molecule has 0 aromatic carbocycles. The van der Waals surface area contributed by atoms with E-state index in [1.54, 1.807) is 11.4 Å². The summed E-state index contributed by atoms with van der Waals surface area (Å²) in [7, 11) is -3.59. The van der Waals surface area contributed by atoms with Crippen molar-refractivity contribution in [2.45, 2.75) is 29.7 Å². The van der Waals surface area contributed by atoms with E-state index in [2.05, 4.69) is 10.2 Å². The molecule has 10 heteroatoms. The van der Waals surface area contributed by atoms with Gasteiger partial charge in [-0.2, -0.15) is 16.1 Å². The van der Waals surface area contributed by atoms with E-state index in [9.17, 15) is 13.2 Å². The molecule has 156 valence electrons. The smallest absolute Gasteiger partial charge is 0.262 e. The minimum absolute atomic E-state index is 0.0602. The fourth-order valence-corrected chi connectivity index (χ4v) is 8.51. The Bertz CT molecular complexity index is 793. The molecule has 7 nitrogen and oxygen atoms in total. The molecular formula is C18H27N3O4S3. The molecule has 1 aromatic rings. The van der Waals surface area contributed by atoms with Crippen LogP contribution in [0.3, 0.4) is 0 Å². The molecule has 0 radical (unpaired) electrons. The maximum Gasteiger partial charge on any atom is 0.262 e. The number of hydrogen-bond donors (Lipinski definition) is 1. The molecule has 1 aromatic heterocycles. The van der Waals surface area contributed by atoms with Gasteiger partial charge < -0.3 is 10.1 Å². The number of amides is 1. The molecule has 1 unspecified atom stereocenters. The Hall–Kier alpha value is -0.650. The summed E-state index contributed by atoms with van der Waals surface area (Å²) in [6.07, 6.45) is 2.79. The molecule has 3 aliphatic rings. The number of thioether (sulfide) groups is 1. The highest BCUT2D eigenvalue weighted by atomic mass is 32.2. The fraction of sp³-hybridized carbons (Fsp3) is 0.722. The lowest BCUT2D eigenvalue weighted by molar-refractivity contribution is -0.0129. The zero-order valence-electron chi connectivity index (χ0n) is 15.9. The van der Waals surface area contributed by atoms with Crippen LogP contribution in [-0.2, 0) is 14.8 Å². The van der Waals surface area contributed by atoms with Crippen LogP contribution < -0.4 is 5.32 Å². The van der Waals surface area contributed by atoms with Gasteiger partial charge >= 0.3 is 0 Å². The number of rotatable bonds is 6. The molecule has 0 saturated carbocycles. The minimum atomic E-state index is -3.59. The van der Waals surface area contributed by atoms with Crippen LogP contribution in [0.1, 0.15) is 28.9 Å². The first-order chi connectivity index (χ1) is 13.5. The Morgan fingerprint density at radius 2 is 1.96 bits per heavy atom. The number of nitrogens with one attached hydrogen (secondary N) is 1. The summed E-state index contributed by atoms with van der Waals surface area (Å²) in [4.78, 5) is 15.8. The molecule has 1 atom stereocenters. The van der Waals surface area contributed by atoms with Gasteiger partial charge in [-0.1, -0.05) is 0 Å². The van der Waals surface area contributed by atoms with Crippen LogP contribution >= 0.6 is 23.1 Å². The molecule has 28 heavy (non-hydrogen) atoms. The van der Waals surface area contributed by atoms with E-state index in [4.69, 9.17) is 4.74 Å². The molecule has 3 aliphatic heterocycles. The molecule has 3 fully saturated rings. The average molecular weight is 446 g/mol. The Labute approximate surface area is 174 Å². The summed E-state index contributed by atoms with van der Waals surface area (Å²) in [5, 5.41) is 4.76. The first kappa shape index (κ1) is 20.6. The number of ether oxygens (including phenoxy) is 1. The lowest BCUT2D eigenvalue weighted by atomic mass is 9.95. The molecule has 0 spiro atoms. The van der Waals surface area contributed by atoms with E-state index in [1.807, 2.05) is 11.8 Å². The maximum atomic E-state index is 12.9. The summed E-state index contributed by atoms with van der Waals surface area (Å²) in [5.41, 5.74) is -0.0602. The molecule has 0 bridgehead atoms.